The van der Waals surface area contributed by atoms with Gasteiger partial charge in [-0.3, -0.25) is 0 Å². The average Bonchev–Trinajstić information content (AvgIpc) is 2.81. The monoisotopic (exact) mass is 326 g/mol. The lowest BCUT2D eigenvalue weighted by Crippen LogP contribution is -2.00. The summed E-state index contributed by atoms with van der Waals surface area (Å²) in [7, 11) is 1.88. The molecule has 5 heteroatoms. The minimum Gasteiger partial charge on any atom is -0.334 e. The number of rotatable bonds is 3. The van der Waals surface area contributed by atoms with E-state index in [1.807, 2.05) is 54.9 Å². The van der Waals surface area contributed by atoms with Crippen LogP contribution in [0.2, 0.25) is 5.15 Å². The van der Waals surface area contributed by atoms with Crippen molar-refractivity contribution in [3.63, 3.8) is 0 Å². The minimum atomic E-state index is -0.502. The number of aryl methyl sites for hydroxylation is 2. The summed E-state index contributed by atoms with van der Waals surface area (Å²) in [6, 6.07) is 14.9. The number of nitrogens with zero attached hydrogens (tertiary/aromatic N) is 2. The number of para-hydroxylation sites is 1. The van der Waals surface area contributed by atoms with Crippen LogP contribution in [0.5, 0.6) is 0 Å². The molecule has 0 amide bonds. The van der Waals surface area contributed by atoms with Crippen LogP contribution in [0.25, 0.3) is 10.9 Å². The number of hydrogen-bond donors (Lipinski definition) is 0. The number of fused-ring (bicyclic) bond motifs is 1. The van der Waals surface area contributed by atoms with Gasteiger partial charge < -0.3 is 9.40 Å². The van der Waals surface area contributed by atoms with E-state index in [1.54, 1.807) is 12.1 Å². The minimum absolute atomic E-state index is 0.455. The zero-order chi connectivity index (χ0) is 16.4. The van der Waals surface area contributed by atoms with Gasteiger partial charge in [-0.1, -0.05) is 52.7 Å². The fourth-order valence-electron chi connectivity index (χ4n) is 2.38. The van der Waals surface area contributed by atoms with Crippen LogP contribution in [0, 0.1) is 6.92 Å². The molecule has 0 radical (unpaired) electrons. The third-order valence-electron chi connectivity index (χ3n) is 3.68. The molecule has 4 nitrogen and oxygen atoms in total. The molecule has 0 saturated carbocycles. The number of benzene rings is 2. The molecule has 116 valence electrons. The molecule has 0 aliphatic carbocycles. The molecule has 0 aliphatic heterocycles. The Labute approximate surface area is 138 Å². The molecule has 0 aliphatic rings. The lowest BCUT2D eigenvalue weighted by molar-refractivity contribution is 0.0519. The van der Waals surface area contributed by atoms with Gasteiger partial charge >= 0.3 is 5.97 Å². The fourth-order valence-corrected chi connectivity index (χ4v) is 2.63. The van der Waals surface area contributed by atoms with Crippen LogP contribution >= 0.6 is 11.6 Å². The van der Waals surface area contributed by atoms with Crippen LogP contribution < -0.4 is 0 Å². The van der Waals surface area contributed by atoms with E-state index < -0.39 is 5.97 Å². The summed E-state index contributed by atoms with van der Waals surface area (Å²) in [6.45, 7) is 1.95. The summed E-state index contributed by atoms with van der Waals surface area (Å²) in [5, 5.41) is 5.29. The quantitative estimate of drug-likeness (QED) is 0.408. The van der Waals surface area contributed by atoms with Crippen LogP contribution in [-0.2, 0) is 11.9 Å². The second kappa shape index (κ2) is 6.26. The van der Waals surface area contributed by atoms with E-state index in [-0.39, 0.29) is 0 Å². The maximum absolute atomic E-state index is 11.9. The summed E-state index contributed by atoms with van der Waals surface area (Å²) in [5.41, 5.74) is 3.25. The lowest BCUT2D eigenvalue weighted by atomic mass is 10.2. The highest BCUT2D eigenvalue weighted by molar-refractivity contribution is 6.34. The zero-order valence-electron chi connectivity index (χ0n) is 12.8. The summed E-state index contributed by atoms with van der Waals surface area (Å²) >= 11 is 6.32. The van der Waals surface area contributed by atoms with Gasteiger partial charge in [0.05, 0.1) is 11.8 Å². The SMILES string of the molecule is Cc1ccc(C(=O)O/N=C/c2c(Cl)n(C)c3ccccc23)cc1. The van der Waals surface area contributed by atoms with Crippen molar-refractivity contribution in [3.05, 3.63) is 70.4 Å². The molecule has 3 aromatic rings. The van der Waals surface area contributed by atoms with Crippen molar-refractivity contribution < 1.29 is 9.63 Å². The maximum atomic E-state index is 11.9. The molecule has 0 spiro atoms. The van der Waals surface area contributed by atoms with Crippen LogP contribution in [0.4, 0.5) is 0 Å². The van der Waals surface area contributed by atoms with E-state index in [2.05, 4.69) is 5.16 Å². The number of oxime groups is 1. The Morgan fingerprint density at radius 3 is 2.61 bits per heavy atom. The van der Waals surface area contributed by atoms with E-state index in [9.17, 15) is 4.79 Å². The molecule has 0 fully saturated rings. The second-order valence-corrected chi connectivity index (χ2v) is 5.62. The van der Waals surface area contributed by atoms with Crippen molar-refractivity contribution in [1.82, 2.24) is 4.57 Å². The molecule has 0 bridgehead atoms. The third-order valence-corrected chi connectivity index (χ3v) is 4.13. The molecule has 0 N–H and O–H groups in total. The lowest BCUT2D eigenvalue weighted by Gasteiger charge is -1.98. The Morgan fingerprint density at radius 2 is 1.87 bits per heavy atom. The van der Waals surface area contributed by atoms with E-state index in [0.29, 0.717) is 10.7 Å². The topological polar surface area (TPSA) is 43.6 Å². The molecular formula is C18H15ClN2O2. The van der Waals surface area contributed by atoms with Crippen molar-refractivity contribution in [2.75, 3.05) is 0 Å². The molecule has 1 heterocycles. The van der Waals surface area contributed by atoms with Crippen LogP contribution in [0.3, 0.4) is 0 Å². The van der Waals surface area contributed by atoms with Crippen molar-refractivity contribution in [1.29, 1.82) is 0 Å². The first-order chi connectivity index (χ1) is 11.1. The molecule has 23 heavy (non-hydrogen) atoms. The van der Waals surface area contributed by atoms with Crippen molar-refractivity contribution in [2.45, 2.75) is 6.92 Å². The van der Waals surface area contributed by atoms with E-state index >= 15 is 0 Å². The molecule has 0 saturated heterocycles. The van der Waals surface area contributed by atoms with Crippen LogP contribution in [0.15, 0.2) is 53.7 Å². The van der Waals surface area contributed by atoms with Gasteiger partial charge in [-0.2, -0.15) is 0 Å². The van der Waals surface area contributed by atoms with Gasteiger partial charge in [0.15, 0.2) is 0 Å². The van der Waals surface area contributed by atoms with Crippen molar-refractivity contribution in [2.24, 2.45) is 12.2 Å². The van der Waals surface area contributed by atoms with Crippen LogP contribution in [0.1, 0.15) is 21.5 Å². The Kier molecular flexibility index (Phi) is 4.17. The Hall–Kier alpha value is -2.59. The first-order valence-electron chi connectivity index (χ1n) is 7.12. The first-order valence-corrected chi connectivity index (χ1v) is 7.50. The van der Waals surface area contributed by atoms with Gasteiger partial charge in [0.25, 0.3) is 0 Å². The van der Waals surface area contributed by atoms with E-state index in [4.69, 9.17) is 16.4 Å². The normalized spacial score (nSPS) is 11.3. The average molecular weight is 327 g/mol. The highest BCUT2D eigenvalue weighted by atomic mass is 35.5. The van der Waals surface area contributed by atoms with Crippen molar-refractivity contribution >= 4 is 34.7 Å². The number of aromatic nitrogens is 1. The molecule has 3 rings (SSSR count). The predicted molar refractivity (Wildman–Crippen MR) is 92.1 cm³/mol. The summed E-state index contributed by atoms with van der Waals surface area (Å²) in [4.78, 5) is 16.9. The first kappa shape index (κ1) is 15.3. The number of halogens is 1. The Bertz CT molecular complexity index is 895. The highest BCUT2D eigenvalue weighted by Gasteiger charge is 2.12. The van der Waals surface area contributed by atoms with Gasteiger partial charge in [0.2, 0.25) is 0 Å². The van der Waals surface area contributed by atoms with Crippen LogP contribution in [-0.4, -0.2) is 16.8 Å². The van der Waals surface area contributed by atoms with Gasteiger partial charge in [0, 0.05) is 23.5 Å². The predicted octanol–water partition coefficient (Wildman–Crippen LogP) is 4.33. The number of carbonyl (C=O) groups is 1. The third kappa shape index (κ3) is 2.98. The van der Waals surface area contributed by atoms with E-state index in [1.165, 1.54) is 6.21 Å². The summed E-state index contributed by atoms with van der Waals surface area (Å²) in [6.07, 6.45) is 1.47. The summed E-state index contributed by atoms with van der Waals surface area (Å²) in [5.74, 6) is -0.502. The fraction of sp³-hybridized carbons (Fsp3) is 0.111. The number of carbonyl (C=O) groups excluding carboxylic acids is 1. The van der Waals surface area contributed by atoms with Gasteiger partial charge in [-0.15, -0.1) is 0 Å². The zero-order valence-corrected chi connectivity index (χ0v) is 13.5. The molecule has 2 aromatic carbocycles. The Morgan fingerprint density at radius 1 is 1.17 bits per heavy atom. The molecule has 0 unspecified atom stereocenters. The molecule has 1 aromatic heterocycles. The smallest absolute Gasteiger partial charge is 0.334 e. The standard InChI is InChI=1S/C18H15ClN2O2/c1-12-7-9-13(10-8-12)18(22)23-20-11-15-14-5-3-4-6-16(14)21(2)17(15)19/h3-11H,1-2H3/b20-11+. The van der Waals surface area contributed by atoms with Gasteiger partial charge in [-0.25, -0.2) is 4.79 Å². The molecule has 0 atom stereocenters. The van der Waals surface area contributed by atoms with Crippen molar-refractivity contribution in [3.8, 4) is 0 Å². The van der Waals surface area contributed by atoms with Gasteiger partial charge in [0.1, 0.15) is 5.15 Å². The Balaban J connectivity index is 1.82. The number of hydrogen-bond acceptors (Lipinski definition) is 3. The second-order valence-electron chi connectivity index (χ2n) is 5.26. The molecular weight excluding hydrogens is 312 g/mol. The van der Waals surface area contributed by atoms with Gasteiger partial charge in [-0.05, 0) is 25.1 Å². The summed E-state index contributed by atoms with van der Waals surface area (Å²) < 4.78 is 1.86. The highest BCUT2D eigenvalue weighted by Crippen LogP contribution is 2.27. The van der Waals surface area contributed by atoms with E-state index in [0.717, 1.165) is 22.0 Å². The maximum Gasteiger partial charge on any atom is 0.365 e. The largest absolute Gasteiger partial charge is 0.365 e.